The minimum absolute atomic E-state index is 0.0474. The van der Waals surface area contributed by atoms with E-state index in [4.69, 9.17) is 4.74 Å². The van der Waals surface area contributed by atoms with Crippen molar-refractivity contribution < 1.29 is 17.9 Å². The van der Waals surface area contributed by atoms with Gasteiger partial charge >= 0.3 is 0 Å². The normalized spacial score (nSPS) is 15.0. The molecule has 1 fully saturated rings. The molecule has 3 heterocycles. The standard InChI is InChI=1S/C24H25N5O5S/c1-2-9-29-21-6-4-3-5-20(21)26-24(29)27-23(31)18-15-22(30)25-19-8-7-16(14-17(18)19)35(32,33)28-10-12-34-13-11-28/h3-8,14-15H,2,9-13H2,1H3,(H,25,30)(H,26,27,31). The molecule has 182 valence electrons. The molecule has 1 aliphatic heterocycles. The van der Waals surface area contributed by atoms with Crippen LogP contribution in [0.4, 0.5) is 5.95 Å². The smallest absolute Gasteiger partial charge is 0.258 e. The lowest BCUT2D eigenvalue weighted by Gasteiger charge is -2.26. The number of amides is 1. The second-order valence-electron chi connectivity index (χ2n) is 8.30. The van der Waals surface area contributed by atoms with Crippen molar-refractivity contribution in [2.75, 3.05) is 31.6 Å². The number of ether oxygens (including phenoxy) is 1. The van der Waals surface area contributed by atoms with Crippen molar-refractivity contribution in [3.8, 4) is 0 Å². The molecule has 1 aliphatic rings. The molecular formula is C24H25N5O5S. The van der Waals surface area contributed by atoms with Crippen LogP contribution in [0.1, 0.15) is 23.7 Å². The lowest BCUT2D eigenvalue weighted by molar-refractivity contribution is 0.0730. The summed E-state index contributed by atoms with van der Waals surface area (Å²) in [6, 6.07) is 13.1. The number of aromatic nitrogens is 3. The number of nitrogens with zero attached hydrogens (tertiary/aromatic N) is 3. The van der Waals surface area contributed by atoms with E-state index in [0.29, 0.717) is 36.6 Å². The molecule has 5 rings (SSSR count). The number of rotatable bonds is 6. The summed E-state index contributed by atoms with van der Waals surface area (Å²) in [5.74, 6) is -0.182. The van der Waals surface area contributed by atoms with Gasteiger partial charge in [0.1, 0.15) is 0 Å². The fourth-order valence-corrected chi connectivity index (χ4v) is 5.74. The number of para-hydroxylation sites is 2. The van der Waals surface area contributed by atoms with E-state index in [1.807, 2.05) is 35.8 Å². The number of benzene rings is 2. The van der Waals surface area contributed by atoms with Gasteiger partial charge in [0.15, 0.2) is 0 Å². The predicted molar refractivity (Wildman–Crippen MR) is 132 cm³/mol. The van der Waals surface area contributed by atoms with Crippen molar-refractivity contribution in [1.82, 2.24) is 18.8 Å². The van der Waals surface area contributed by atoms with Crippen LogP contribution >= 0.6 is 0 Å². The van der Waals surface area contributed by atoms with Gasteiger partial charge in [-0.1, -0.05) is 19.1 Å². The van der Waals surface area contributed by atoms with Gasteiger partial charge in [-0.2, -0.15) is 4.31 Å². The van der Waals surface area contributed by atoms with Gasteiger partial charge in [-0.15, -0.1) is 0 Å². The topological polar surface area (TPSA) is 126 Å². The monoisotopic (exact) mass is 495 g/mol. The summed E-state index contributed by atoms with van der Waals surface area (Å²) in [7, 11) is -3.78. The number of sulfonamides is 1. The van der Waals surface area contributed by atoms with Crippen molar-refractivity contribution in [3.63, 3.8) is 0 Å². The average Bonchev–Trinajstić information content (AvgIpc) is 3.20. The average molecular weight is 496 g/mol. The number of hydrogen-bond acceptors (Lipinski definition) is 6. The SMILES string of the molecule is CCCn1c(NC(=O)c2cc(=O)[nH]c3ccc(S(=O)(=O)N4CCOCC4)cc23)nc2ccccc21. The quantitative estimate of drug-likeness (QED) is 0.423. The van der Waals surface area contributed by atoms with E-state index in [2.05, 4.69) is 15.3 Å². The minimum Gasteiger partial charge on any atom is -0.379 e. The molecule has 1 saturated heterocycles. The summed E-state index contributed by atoms with van der Waals surface area (Å²) >= 11 is 0. The number of pyridine rings is 1. The highest BCUT2D eigenvalue weighted by molar-refractivity contribution is 7.89. The van der Waals surface area contributed by atoms with Gasteiger partial charge in [0.05, 0.1) is 34.7 Å². The second-order valence-corrected chi connectivity index (χ2v) is 10.2. The molecule has 0 bridgehead atoms. The van der Waals surface area contributed by atoms with Crippen LogP contribution in [0.15, 0.2) is 58.2 Å². The molecule has 1 amide bonds. The maximum Gasteiger partial charge on any atom is 0.258 e. The summed E-state index contributed by atoms with van der Waals surface area (Å²) in [4.78, 5) is 33.0. The number of nitrogens with one attached hydrogen (secondary N) is 2. The Kier molecular flexibility index (Phi) is 6.13. The van der Waals surface area contributed by atoms with E-state index in [1.165, 1.54) is 28.6 Å². The summed E-state index contributed by atoms with van der Waals surface area (Å²) in [5, 5.41) is 3.15. The molecule has 0 saturated carbocycles. The van der Waals surface area contributed by atoms with E-state index in [-0.39, 0.29) is 23.5 Å². The maximum absolute atomic E-state index is 13.4. The number of anilines is 1. The van der Waals surface area contributed by atoms with Crippen LogP contribution in [0.25, 0.3) is 21.9 Å². The van der Waals surface area contributed by atoms with Gasteiger partial charge in [0.2, 0.25) is 21.5 Å². The Morgan fingerprint density at radius 2 is 1.91 bits per heavy atom. The Labute approximate surface area is 201 Å². The van der Waals surface area contributed by atoms with Gasteiger partial charge in [-0.25, -0.2) is 13.4 Å². The molecule has 4 aromatic rings. The highest BCUT2D eigenvalue weighted by Crippen LogP contribution is 2.25. The fraction of sp³-hybridized carbons (Fsp3) is 0.292. The van der Waals surface area contributed by atoms with Crippen molar-refractivity contribution in [1.29, 1.82) is 0 Å². The van der Waals surface area contributed by atoms with Gasteiger partial charge < -0.3 is 14.3 Å². The molecule has 2 N–H and O–H groups in total. The number of hydrogen-bond donors (Lipinski definition) is 2. The van der Waals surface area contributed by atoms with E-state index < -0.39 is 21.5 Å². The number of H-pyrrole nitrogens is 1. The van der Waals surface area contributed by atoms with Crippen LogP contribution < -0.4 is 10.9 Å². The van der Waals surface area contributed by atoms with Crippen molar-refractivity contribution in [2.24, 2.45) is 0 Å². The predicted octanol–water partition coefficient (Wildman–Crippen LogP) is 2.56. The first-order valence-electron chi connectivity index (χ1n) is 11.4. The molecule has 2 aromatic carbocycles. The lowest BCUT2D eigenvalue weighted by Crippen LogP contribution is -2.40. The zero-order valence-corrected chi connectivity index (χ0v) is 20.0. The number of imidazole rings is 1. The zero-order chi connectivity index (χ0) is 24.6. The van der Waals surface area contributed by atoms with Crippen LogP contribution in [-0.4, -0.2) is 59.5 Å². The number of carbonyl (C=O) groups is 1. The van der Waals surface area contributed by atoms with Crippen LogP contribution in [0.2, 0.25) is 0 Å². The molecule has 0 spiro atoms. The summed E-state index contributed by atoms with van der Waals surface area (Å²) in [6.07, 6.45) is 0.833. The van der Waals surface area contributed by atoms with E-state index in [9.17, 15) is 18.0 Å². The minimum atomic E-state index is -3.78. The van der Waals surface area contributed by atoms with Crippen LogP contribution in [-0.2, 0) is 21.3 Å². The summed E-state index contributed by atoms with van der Waals surface area (Å²) in [5.41, 5.74) is 1.60. The highest BCUT2D eigenvalue weighted by atomic mass is 32.2. The molecule has 10 nitrogen and oxygen atoms in total. The summed E-state index contributed by atoms with van der Waals surface area (Å²) in [6.45, 7) is 3.84. The summed E-state index contributed by atoms with van der Waals surface area (Å²) < 4.78 is 34.9. The van der Waals surface area contributed by atoms with Gasteiger partial charge in [0.25, 0.3) is 5.91 Å². The molecule has 0 radical (unpaired) electrons. The fourth-order valence-electron chi connectivity index (χ4n) is 4.31. The third kappa shape index (κ3) is 4.33. The second kappa shape index (κ2) is 9.25. The Bertz CT molecular complexity index is 1590. The molecule has 11 heteroatoms. The van der Waals surface area contributed by atoms with Crippen molar-refractivity contribution in [3.05, 3.63) is 64.4 Å². The number of morpholine rings is 1. The Hall–Kier alpha value is -3.54. The first-order valence-corrected chi connectivity index (χ1v) is 12.8. The zero-order valence-electron chi connectivity index (χ0n) is 19.2. The van der Waals surface area contributed by atoms with Crippen LogP contribution in [0.3, 0.4) is 0 Å². The number of aryl methyl sites for hydroxylation is 1. The molecule has 2 aromatic heterocycles. The van der Waals surface area contributed by atoms with Gasteiger partial charge in [-0.3, -0.25) is 14.9 Å². The largest absolute Gasteiger partial charge is 0.379 e. The molecule has 0 unspecified atom stereocenters. The highest BCUT2D eigenvalue weighted by Gasteiger charge is 2.27. The lowest BCUT2D eigenvalue weighted by atomic mass is 10.1. The Balaban J connectivity index is 1.56. The molecule has 35 heavy (non-hydrogen) atoms. The first-order chi connectivity index (χ1) is 16.9. The molecular weight excluding hydrogens is 470 g/mol. The van der Waals surface area contributed by atoms with Gasteiger partial charge in [0, 0.05) is 36.6 Å². The number of aromatic amines is 1. The number of fused-ring (bicyclic) bond motifs is 2. The third-order valence-electron chi connectivity index (χ3n) is 5.99. The third-order valence-corrected chi connectivity index (χ3v) is 7.89. The van der Waals surface area contributed by atoms with Crippen molar-refractivity contribution >= 4 is 43.8 Å². The van der Waals surface area contributed by atoms with E-state index in [1.54, 1.807) is 0 Å². The number of carbonyl (C=O) groups excluding carboxylic acids is 1. The van der Waals surface area contributed by atoms with Crippen LogP contribution in [0.5, 0.6) is 0 Å². The van der Waals surface area contributed by atoms with Crippen molar-refractivity contribution in [2.45, 2.75) is 24.8 Å². The molecule has 0 aliphatic carbocycles. The van der Waals surface area contributed by atoms with Gasteiger partial charge in [-0.05, 0) is 36.8 Å². The first kappa shape index (κ1) is 23.2. The Morgan fingerprint density at radius 1 is 1.14 bits per heavy atom. The van der Waals surface area contributed by atoms with E-state index in [0.717, 1.165) is 17.5 Å². The maximum atomic E-state index is 13.4. The Morgan fingerprint density at radius 3 is 2.69 bits per heavy atom. The van der Waals surface area contributed by atoms with E-state index >= 15 is 0 Å². The molecule has 0 atom stereocenters. The van der Waals surface area contributed by atoms with Crippen LogP contribution in [0, 0.1) is 0 Å².